The largest absolute Gasteiger partial charge is 0.494 e. The Bertz CT molecular complexity index is 1190. The highest BCUT2D eigenvalue weighted by Gasteiger charge is 2.13. The Balaban J connectivity index is 1.92. The van der Waals surface area contributed by atoms with Gasteiger partial charge >= 0.3 is 0 Å². The first kappa shape index (κ1) is 21.6. The number of ether oxygens (including phenoxy) is 1. The Morgan fingerprint density at radius 2 is 1.80 bits per heavy atom. The third kappa shape index (κ3) is 5.49. The molecular formula is C19H19ClFN5O3S. The predicted molar refractivity (Wildman–Crippen MR) is 116 cm³/mol. The molecule has 30 heavy (non-hydrogen) atoms. The van der Waals surface area contributed by atoms with Gasteiger partial charge in [-0.1, -0.05) is 17.7 Å². The summed E-state index contributed by atoms with van der Waals surface area (Å²) in [6.07, 6.45) is 2.45. The van der Waals surface area contributed by atoms with Gasteiger partial charge in [-0.25, -0.2) is 17.8 Å². The average Bonchev–Trinajstić information content (AvgIpc) is 2.66. The van der Waals surface area contributed by atoms with E-state index < -0.39 is 15.8 Å². The number of methoxy groups -OCH3 is 1. The molecular weight excluding hydrogens is 433 g/mol. The topological polar surface area (TPSA) is 105 Å². The second-order valence-corrected chi connectivity index (χ2v) is 8.56. The van der Waals surface area contributed by atoms with Gasteiger partial charge in [-0.2, -0.15) is 4.98 Å². The Morgan fingerprint density at radius 3 is 2.50 bits per heavy atom. The smallest absolute Gasteiger partial charge is 0.229 e. The molecule has 0 aliphatic rings. The second kappa shape index (κ2) is 8.72. The van der Waals surface area contributed by atoms with E-state index in [9.17, 15) is 12.8 Å². The minimum absolute atomic E-state index is 0.177. The summed E-state index contributed by atoms with van der Waals surface area (Å²) in [5.41, 5.74) is 2.13. The van der Waals surface area contributed by atoms with E-state index in [4.69, 9.17) is 16.3 Å². The van der Waals surface area contributed by atoms with Crippen molar-refractivity contribution in [3.63, 3.8) is 0 Å². The quantitative estimate of drug-likeness (QED) is 0.487. The summed E-state index contributed by atoms with van der Waals surface area (Å²) in [7, 11) is -2.07. The van der Waals surface area contributed by atoms with Gasteiger partial charge in [0.1, 0.15) is 16.6 Å². The fourth-order valence-corrected chi connectivity index (χ4v) is 3.29. The van der Waals surface area contributed by atoms with Crippen molar-refractivity contribution in [1.82, 2.24) is 9.97 Å². The zero-order valence-corrected chi connectivity index (χ0v) is 17.9. The Labute approximate surface area is 178 Å². The fourth-order valence-electron chi connectivity index (χ4n) is 2.58. The number of hydrogen-bond acceptors (Lipinski definition) is 7. The lowest BCUT2D eigenvalue weighted by molar-refractivity contribution is 0.413. The van der Waals surface area contributed by atoms with Crippen LogP contribution in [0, 0.1) is 12.7 Å². The summed E-state index contributed by atoms with van der Waals surface area (Å²) in [5, 5.41) is 6.18. The fraction of sp³-hybridized carbons (Fsp3) is 0.158. The molecule has 3 rings (SSSR count). The lowest BCUT2D eigenvalue weighted by Crippen LogP contribution is -2.11. The van der Waals surface area contributed by atoms with Crippen LogP contribution >= 0.6 is 11.6 Å². The van der Waals surface area contributed by atoms with E-state index in [2.05, 4.69) is 25.3 Å². The van der Waals surface area contributed by atoms with Crippen LogP contribution in [0.25, 0.3) is 0 Å². The first-order chi connectivity index (χ1) is 14.1. The van der Waals surface area contributed by atoms with Gasteiger partial charge in [-0.15, -0.1) is 0 Å². The number of aryl methyl sites for hydroxylation is 1. The van der Waals surface area contributed by atoms with Gasteiger partial charge in [-0.3, -0.25) is 4.72 Å². The number of nitrogens with one attached hydrogen (secondary N) is 3. The molecule has 0 atom stereocenters. The third-order valence-electron chi connectivity index (χ3n) is 3.88. The van der Waals surface area contributed by atoms with E-state index in [1.165, 1.54) is 31.5 Å². The van der Waals surface area contributed by atoms with Crippen molar-refractivity contribution in [2.75, 3.05) is 28.7 Å². The molecule has 0 aliphatic heterocycles. The molecule has 0 fully saturated rings. The van der Waals surface area contributed by atoms with Gasteiger partial charge in [0, 0.05) is 6.07 Å². The van der Waals surface area contributed by atoms with E-state index in [1.54, 1.807) is 12.1 Å². The molecule has 0 unspecified atom stereocenters. The van der Waals surface area contributed by atoms with Gasteiger partial charge in [0.2, 0.25) is 16.0 Å². The van der Waals surface area contributed by atoms with Crippen LogP contribution in [0.1, 0.15) is 5.56 Å². The molecule has 0 spiro atoms. The van der Waals surface area contributed by atoms with Gasteiger partial charge in [0.15, 0.2) is 5.82 Å². The minimum atomic E-state index is -3.49. The zero-order valence-electron chi connectivity index (χ0n) is 16.3. The summed E-state index contributed by atoms with van der Waals surface area (Å²) in [4.78, 5) is 8.44. The maximum absolute atomic E-state index is 13.4. The molecule has 3 aromatic rings. The Hall–Kier alpha value is -3.11. The van der Waals surface area contributed by atoms with Crippen molar-refractivity contribution in [3.8, 4) is 5.75 Å². The van der Waals surface area contributed by atoms with Crippen LogP contribution in [0.2, 0.25) is 5.02 Å². The molecule has 0 saturated heterocycles. The monoisotopic (exact) mass is 451 g/mol. The first-order valence-electron chi connectivity index (χ1n) is 8.63. The van der Waals surface area contributed by atoms with E-state index >= 15 is 0 Å². The lowest BCUT2D eigenvalue weighted by atomic mass is 10.2. The average molecular weight is 452 g/mol. The number of rotatable bonds is 7. The number of hydrogen-bond donors (Lipinski definition) is 3. The first-order valence-corrected chi connectivity index (χ1v) is 10.9. The van der Waals surface area contributed by atoms with Crippen molar-refractivity contribution < 1.29 is 17.5 Å². The van der Waals surface area contributed by atoms with Crippen LogP contribution in [-0.2, 0) is 10.0 Å². The van der Waals surface area contributed by atoms with Crippen LogP contribution in [0.3, 0.4) is 0 Å². The third-order valence-corrected chi connectivity index (χ3v) is 4.74. The summed E-state index contributed by atoms with van der Waals surface area (Å²) < 4.78 is 44.4. The SMILES string of the molecule is COc1cc(F)ccc1Nc1ncc(Cl)c(Nc2ccc(C)cc2NS(C)(=O)=O)n1. The number of halogens is 2. The molecule has 158 valence electrons. The number of aromatic nitrogens is 2. The number of nitrogens with zero attached hydrogens (tertiary/aromatic N) is 2. The van der Waals surface area contributed by atoms with E-state index in [1.807, 2.05) is 13.0 Å². The number of anilines is 5. The number of benzene rings is 2. The zero-order chi connectivity index (χ0) is 21.9. The summed E-state index contributed by atoms with van der Waals surface area (Å²) in [5.74, 6) is 0.260. The van der Waals surface area contributed by atoms with Crippen molar-refractivity contribution in [1.29, 1.82) is 0 Å². The normalized spacial score (nSPS) is 11.1. The maximum atomic E-state index is 13.4. The van der Waals surface area contributed by atoms with Gasteiger partial charge < -0.3 is 15.4 Å². The number of sulfonamides is 1. The minimum Gasteiger partial charge on any atom is -0.494 e. The molecule has 1 aromatic heterocycles. The van der Waals surface area contributed by atoms with Crippen LogP contribution in [0.4, 0.5) is 33.2 Å². The molecule has 0 saturated carbocycles. The molecule has 1 heterocycles. The Kier molecular flexibility index (Phi) is 6.28. The molecule has 0 amide bonds. The predicted octanol–water partition coefficient (Wildman–Crippen LogP) is 4.44. The lowest BCUT2D eigenvalue weighted by Gasteiger charge is -2.15. The van der Waals surface area contributed by atoms with Crippen molar-refractivity contribution in [2.45, 2.75) is 6.92 Å². The summed E-state index contributed by atoms with van der Waals surface area (Å²) in [6, 6.07) is 9.20. The van der Waals surface area contributed by atoms with Crippen molar-refractivity contribution >= 4 is 50.5 Å². The van der Waals surface area contributed by atoms with E-state index in [0.29, 0.717) is 17.1 Å². The highest BCUT2D eigenvalue weighted by atomic mass is 35.5. The second-order valence-electron chi connectivity index (χ2n) is 6.41. The molecule has 3 N–H and O–H groups in total. The standard InChI is InChI=1S/C19H19ClFN5O3S/c1-11-4-6-14(16(8-11)26-30(3,27)28)23-18-13(20)10-22-19(25-18)24-15-7-5-12(21)9-17(15)29-2/h4-10,26H,1-3H3,(H2,22,23,24,25). The maximum Gasteiger partial charge on any atom is 0.229 e. The highest BCUT2D eigenvalue weighted by Crippen LogP contribution is 2.32. The molecule has 0 bridgehead atoms. The van der Waals surface area contributed by atoms with Gasteiger partial charge in [-0.05, 0) is 36.8 Å². The Morgan fingerprint density at radius 1 is 1.07 bits per heavy atom. The molecule has 2 aromatic carbocycles. The molecule has 11 heteroatoms. The van der Waals surface area contributed by atoms with Crippen LogP contribution in [0.5, 0.6) is 5.75 Å². The van der Waals surface area contributed by atoms with Crippen LogP contribution in [0.15, 0.2) is 42.6 Å². The van der Waals surface area contributed by atoms with Gasteiger partial charge in [0.05, 0.1) is 36.6 Å². The van der Waals surface area contributed by atoms with Crippen molar-refractivity contribution in [3.05, 3.63) is 59.0 Å². The molecule has 0 radical (unpaired) electrons. The molecule has 8 nitrogen and oxygen atoms in total. The highest BCUT2D eigenvalue weighted by molar-refractivity contribution is 7.92. The molecule has 0 aliphatic carbocycles. The van der Waals surface area contributed by atoms with E-state index in [-0.39, 0.29) is 22.5 Å². The van der Waals surface area contributed by atoms with Crippen LogP contribution < -0.4 is 20.1 Å². The summed E-state index contributed by atoms with van der Waals surface area (Å²) in [6.45, 7) is 1.84. The van der Waals surface area contributed by atoms with Crippen molar-refractivity contribution in [2.24, 2.45) is 0 Å². The summed E-state index contributed by atoms with van der Waals surface area (Å²) >= 11 is 6.22. The van der Waals surface area contributed by atoms with Gasteiger partial charge in [0.25, 0.3) is 0 Å². The van der Waals surface area contributed by atoms with Crippen LogP contribution in [-0.4, -0.2) is 31.8 Å². The van der Waals surface area contributed by atoms with E-state index in [0.717, 1.165) is 11.8 Å².